The number of nitrogens with two attached hydrogens (primary N) is 1. The quantitative estimate of drug-likeness (QED) is 0.871. The number of hydrogen-bond donors (Lipinski definition) is 1. The van der Waals surface area contributed by atoms with Crippen LogP contribution < -0.4 is 5.73 Å². The van der Waals surface area contributed by atoms with Gasteiger partial charge in [-0.3, -0.25) is 9.48 Å². The van der Waals surface area contributed by atoms with Crippen molar-refractivity contribution in [2.24, 2.45) is 18.7 Å². The molecule has 1 aromatic rings. The summed E-state index contributed by atoms with van der Waals surface area (Å²) in [6.45, 7) is 5.70. The molecule has 0 aliphatic heterocycles. The van der Waals surface area contributed by atoms with E-state index < -0.39 is 6.04 Å². The Kier molecular flexibility index (Phi) is 4.10. The van der Waals surface area contributed by atoms with Gasteiger partial charge in [-0.15, -0.1) is 0 Å². The average Bonchev–Trinajstić information content (AvgIpc) is 2.43. The van der Waals surface area contributed by atoms with Crippen molar-refractivity contribution in [3.8, 4) is 0 Å². The number of Topliss-reactive ketones (excluding diaryl/α,β-unsaturated/α-hetero) is 1. The number of nitrogens with zero attached hydrogens (tertiary/aromatic N) is 2. The Hall–Kier alpha value is -0.870. The summed E-state index contributed by atoms with van der Waals surface area (Å²) >= 11 is 6.05. The summed E-state index contributed by atoms with van der Waals surface area (Å²) in [5.41, 5.74) is 7.37. The van der Waals surface area contributed by atoms with E-state index in [-0.39, 0.29) is 18.1 Å². The summed E-state index contributed by atoms with van der Waals surface area (Å²) in [6, 6.07) is -0.435. The first kappa shape index (κ1) is 13.2. The van der Waals surface area contributed by atoms with Gasteiger partial charge in [0.15, 0.2) is 5.78 Å². The Balaban J connectivity index is 2.85. The number of rotatable bonds is 4. The van der Waals surface area contributed by atoms with Crippen LogP contribution in [0.25, 0.3) is 0 Å². The van der Waals surface area contributed by atoms with Gasteiger partial charge in [-0.2, -0.15) is 5.10 Å². The molecule has 1 heterocycles. The van der Waals surface area contributed by atoms with Gasteiger partial charge in [0.05, 0.1) is 11.7 Å². The van der Waals surface area contributed by atoms with Gasteiger partial charge in [-0.1, -0.05) is 25.4 Å². The summed E-state index contributed by atoms with van der Waals surface area (Å²) in [6.07, 6.45) is 0.262. The number of carbonyl (C=O) groups is 1. The summed E-state index contributed by atoms with van der Waals surface area (Å²) in [4.78, 5) is 11.8. The number of aryl methyl sites for hydroxylation is 2. The Labute approximate surface area is 101 Å². The first-order valence-corrected chi connectivity index (χ1v) is 5.68. The number of carbonyl (C=O) groups excluding carboxylic acids is 1. The Morgan fingerprint density at radius 2 is 2.12 bits per heavy atom. The lowest BCUT2D eigenvalue weighted by Gasteiger charge is -2.13. The highest BCUT2D eigenvalue weighted by Gasteiger charge is 2.21. The zero-order valence-corrected chi connectivity index (χ0v) is 10.9. The van der Waals surface area contributed by atoms with E-state index in [1.807, 2.05) is 20.8 Å². The lowest BCUT2D eigenvalue weighted by molar-refractivity contribution is -0.120. The van der Waals surface area contributed by atoms with E-state index in [4.69, 9.17) is 17.3 Å². The van der Waals surface area contributed by atoms with Gasteiger partial charge in [0.25, 0.3) is 0 Å². The zero-order valence-electron chi connectivity index (χ0n) is 10.1. The van der Waals surface area contributed by atoms with Crippen molar-refractivity contribution in [3.63, 3.8) is 0 Å². The van der Waals surface area contributed by atoms with Gasteiger partial charge in [-0.25, -0.2) is 0 Å². The molecular formula is C11H18ClN3O. The molecule has 16 heavy (non-hydrogen) atoms. The fourth-order valence-electron chi connectivity index (χ4n) is 1.54. The highest BCUT2D eigenvalue weighted by Crippen LogP contribution is 2.20. The Bertz CT molecular complexity index is 398. The molecule has 0 aliphatic carbocycles. The average molecular weight is 244 g/mol. The van der Waals surface area contributed by atoms with Crippen LogP contribution in [0.4, 0.5) is 0 Å². The van der Waals surface area contributed by atoms with E-state index in [1.165, 1.54) is 0 Å². The smallest absolute Gasteiger partial charge is 0.154 e. The molecule has 0 aromatic carbocycles. The monoisotopic (exact) mass is 243 g/mol. The van der Waals surface area contributed by atoms with E-state index in [9.17, 15) is 4.79 Å². The maximum atomic E-state index is 11.8. The normalized spacial score (nSPS) is 13.2. The third-order valence-electron chi connectivity index (χ3n) is 2.71. The lowest BCUT2D eigenvalue weighted by Crippen LogP contribution is -2.36. The van der Waals surface area contributed by atoms with Crippen LogP contribution in [0, 0.1) is 12.8 Å². The minimum atomic E-state index is -0.435. The topological polar surface area (TPSA) is 60.9 Å². The number of halogens is 1. The van der Waals surface area contributed by atoms with Gasteiger partial charge >= 0.3 is 0 Å². The first-order valence-electron chi connectivity index (χ1n) is 5.30. The number of hydrogen-bond acceptors (Lipinski definition) is 3. The van der Waals surface area contributed by atoms with Crippen molar-refractivity contribution in [2.45, 2.75) is 33.2 Å². The van der Waals surface area contributed by atoms with Crippen molar-refractivity contribution >= 4 is 17.4 Å². The minimum absolute atomic E-state index is 0.00741. The fraction of sp³-hybridized carbons (Fsp3) is 0.636. The SMILES string of the molecule is Cc1nn(C)c(Cl)c1CC(=O)C(N)C(C)C. The van der Waals surface area contributed by atoms with Gasteiger partial charge < -0.3 is 5.73 Å². The van der Waals surface area contributed by atoms with Crippen LogP contribution in [0.3, 0.4) is 0 Å². The summed E-state index contributed by atoms with van der Waals surface area (Å²) in [7, 11) is 1.76. The molecule has 5 heteroatoms. The van der Waals surface area contributed by atoms with Crippen LogP contribution in [0.2, 0.25) is 5.15 Å². The van der Waals surface area contributed by atoms with E-state index >= 15 is 0 Å². The third-order valence-corrected chi connectivity index (χ3v) is 3.18. The lowest BCUT2D eigenvalue weighted by atomic mass is 9.96. The minimum Gasteiger partial charge on any atom is -0.321 e. The molecule has 90 valence electrons. The Morgan fingerprint density at radius 1 is 1.56 bits per heavy atom. The standard InChI is InChI=1S/C11H18ClN3O/c1-6(2)10(13)9(16)5-8-7(3)14-15(4)11(8)12/h6,10H,5,13H2,1-4H3. The Morgan fingerprint density at radius 3 is 2.50 bits per heavy atom. The number of ketones is 1. The molecule has 1 aromatic heterocycles. The van der Waals surface area contributed by atoms with Crippen LogP contribution in [0.15, 0.2) is 0 Å². The number of aromatic nitrogens is 2. The molecule has 0 spiro atoms. The van der Waals surface area contributed by atoms with E-state index in [1.54, 1.807) is 11.7 Å². The second kappa shape index (κ2) is 4.97. The van der Waals surface area contributed by atoms with Crippen LogP contribution in [-0.4, -0.2) is 21.6 Å². The molecule has 0 saturated heterocycles. The van der Waals surface area contributed by atoms with Crippen LogP contribution in [0.5, 0.6) is 0 Å². The van der Waals surface area contributed by atoms with Crippen molar-refractivity contribution in [1.29, 1.82) is 0 Å². The van der Waals surface area contributed by atoms with Crippen molar-refractivity contribution < 1.29 is 4.79 Å². The largest absolute Gasteiger partial charge is 0.321 e. The molecule has 1 unspecified atom stereocenters. The molecular weight excluding hydrogens is 226 g/mol. The maximum absolute atomic E-state index is 11.8. The molecule has 0 fully saturated rings. The van der Waals surface area contributed by atoms with Crippen molar-refractivity contribution in [3.05, 3.63) is 16.4 Å². The fourth-order valence-corrected chi connectivity index (χ4v) is 1.78. The summed E-state index contributed by atoms with van der Waals surface area (Å²) < 4.78 is 1.57. The van der Waals surface area contributed by atoms with E-state index in [2.05, 4.69) is 5.10 Å². The molecule has 1 atom stereocenters. The van der Waals surface area contributed by atoms with Crippen LogP contribution >= 0.6 is 11.6 Å². The van der Waals surface area contributed by atoms with Crippen LogP contribution in [-0.2, 0) is 18.3 Å². The molecule has 0 aliphatic rings. The van der Waals surface area contributed by atoms with Crippen molar-refractivity contribution in [1.82, 2.24) is 9.78 Å². The molecule has 0 radical (unpaired) electrons. The van der Waals surface area contributed by atoms with Gasteiger partial charge in [0.1, 0.15) is 5.15 Å². The second-order valence-corrected chi connectivity index (χ2v) is 4.75. The molecule has 4 nitrogen and oxygen atoms in total. The predicted molar refractivity (Wildman–Crippen MR) is 64.5 cm³/mol. The third kappa shape index (κ3) is 2.62. The predicted octanol–water partition coefficient (Wildman–Crippen LogP) is 1.48. The highest BCUT2D eigenvalue weighted by molar-refractivity contribution is 6.30. The summed E-state index contributed by atoms with van der Waals surface area (Å²) in [5, 5.41) is 4.68. The van der Waals surface area contributed by atoms with E-state index in [0.717, 1.165) is 11.3 Å². The zero-order chi connectivity index (χ0) is 12.5. The van der Waals surface area contributed by atoms with Crippen LogP contribution in [0.1, 0.15) is 25.1 Å². The van der Waals surface area contributed by atoms with Gasteiger partial charge in [0, 0.05) is 19.0 Å². The maximum Gasteiger partial charge on any atom is 0.154 e. The molecule has 0 amide bonds. The van der Waals surface area contributed by atoms with E-state index in [0.29, 0.717) is 5.15 Å². The highest BCUT2D eigenvalue weighted by atomic mass is 35.5. The first-order chi connectivity index (χ1) is 7.34. The van der Waals surface area contributed by atoms with Gasteiger partial charge in [-0.05, 0) is 12.8 Å². The summed E-state index contributed by atoms with van der Waals surface area (Å²) in [5.74, 6) is 0.149. The van der Waals surface area contributed by atoms with Gasteiger partial charge in [0.2, 0.25) is 0 Å². The molecule has 0 bridgehead atoms. The second-order valence-electron chi connectivity index (χ2n) is 4.39. The molecule has 0 saturated carbocycles. The molecule has 2 N–H and O–H groups in total. The molecule has 1 rings (SSSR count). The van der Waals surface area contributed by atoms with Crippen molar-refractivity contribution in [2.75, 3.05) is 0 Å².